The van der Waals surface area contributed by atoms with Crippen molar-refractivity contribution in [1.82, 2.24) is 9.97 Å². The molecule has 2 aliphatic rings. The standard InChI is InChI=1S/C27H24ClFN5O3S/c28-21-9-17(4-7-23(21)37-13-15-2-1-3-16(29)8-15)33-26-24-19-5-6-22-20(10-32-34(22)11-18(36)12-35)25(19)38-27(24)31-14-30-26/h1-4,7-10,14,18,20,35-36H,5-6,11-13H2,(H,30,31,33)/q+1. The molecule has 3 heterocycles. The molecule has 0 amide bonds. The lowest BCUT2D eigenvalue weighted by Crippen LogP contribution is -2.30. The van der Waals surface area contributed by atoms with Gasteiger partial charge < -0.3 is 20.3 Å². The number of fused-ring (bicyclic) bond motifs is 5. The minimum Gasteiger partial charge on any atom is -0.487 e. The van der Waals surface area contributed by atoms with E-state index in [1.54, 1.807) is 41.9 Å². The molecule has 0 saturated heterocycles. The fourth-order valence-electron chi connectivity index (χ4n) is 4.87. The van der Waals surface area contributed by atoms with Gasteiger partial charge in [0.25, 0.3) is 0 Å². The third kappa shape index (κ3) is 4.76. The van der Waals surface area contributed by atoms with Crippen molar-refractivity contribution in [2.24, 2.45) is 5.10 Å². The van der Waals surface area contributed by atoms with Crippen molar-refractivity contribution in [1.29, 1.82) is 0 Å². The van der Waals surface area contributed by atoms with Crippen molar-refractivity contribution in [2.45, 2.75) is 31.5 Å². The zero-order chi connectivity index (χ0) is 26.2. The van der Waals surface area contributed by atoms with E-state index >= 15 is 0 Å². The van der Waals surface area contributed by atoms with Gasteiger partial charge in [-0.3, -0.25) is 0 Å². The summed E-state index contributed by atoms with van der Waals surface area (Å²) in [6.45, 7) is 0.179. The van der Waals surface area contributed by atoms with E-state index in [9.17, 15) is 14.6 Å². The van der Waals surface area contributed by atoms with Crippen LogP contribution in [0.4, 0.5) is 15.9 Å². The quantitative estimate of drug-likeness (QED) is 0.275. The number of benzene rings is 2. The van der Waals surface area contributed by atoms with Gasteiger partial charge in [-0.25, -0.2) is 14.4 Å². The normalized spacial score (nSPS) is 17.0. The van der Waals surface area contributed by atoms with Gasteiger partial charge in [0.05, 0.1) is 23.2 Å². The molecule has 38 heavy (non-hydrogen) atoms. The van der Waals surface area contributed by atoms with Crippen LogP contribution in [0.5, 0.6) is 5.75 Å². The fraction of sp³-hybridized carbons (Fsp3) is 0.259. The largest absolute Gasteiger partial charge is 0.487 e. The SMILES string of the molecule is OCC(O)C[N+]1=C2CCc3c(sc4ncnc(Nc5ccc(OCc6cccc(F)c6)c(Cl)c5)c34)C2C=N1. The molecule has 2 unspecified atom stereocenters. The second-order valence-electron chi connectivity index (χ2n) is 9.19. The van der Waals surface area contributed by atoms with Gasteiger partial charge in [-0.2, -0.15) is 0 Å². The summed E-state index contributed by atoms with van der Waals surface area (Å²) in [5.74, 6) is 0.918. The summed E-state index contributed by atoms with van der Waals surface area (Å²) in [6, 6.07) is 11.7. The molecule has 0 spiro atoms. The highest BCUT2D eigenvalue weighted by atomic mass is 35.5. The van der Waals surface area contributed by atoms with E-state index in [0.717, 1.165) is 34.5 Å². The van der Waals surface area contributed by atoms with Crippen LogP contribution in [0.3, 0.4) is 0 Å². The second-order valence-corrected chi connectivity index (χ2v) is 10.6. The van der Waals surface area contributed by atoms with Crippen molar-refractivity contribution in [3.05, 3.63) is 75.6 Å². The highest BCUT2D eigenvalue weighted by Gasteiger charge is 2.40. The summed E-state index contributed by atoms with van der Waals surface area (Å²) in [6.07, 6.45) is 4.19. The minimum absolute atomic E-state index is 0.0284. The molecular weight excluding hydrogens is 529 g/mol. The minimum atomic E-state index is -0.839. The summed E-state index contributed by atoms with van der Waals surface area (Å²) in [7, 11) is 0. The van der Waals surface area contributed by atoms with Gasteiger partial charge in [-0.1, -0.05) is 28.4 Å². The highest BCUT2D eigenvalue weighted by molar-refractivity contribution is 7.19. The lowest BCUT2D eigenvalue weighted by atomic mass is 9.87. The Morgan fingerprint density at radius 2 is 2.11 bits per heavy atom. The molecule has 11 heteroatoms. The van der Waals surface area contributed by atoms with Gasteiger partial charge in [0, 0.05) is 17.0 Å². The van der Waals surface area contributed by atoms with E-state index in [0.29, 0.717) is 22.2 Å². The Bertz CT molecular complexity index is 1590. The van der Waals surface area contributed by atoms with Crippen LogP contribution in [0.25, 0.3) is 10.2 Å². The van der Waals surface area contributed by atoms with Crippen LogP contribution in [0.2, 0.25) is 5.02 Å². The predicted molar refractivity (Wildman–Crippen MR) is 146 cm³/mol. The molecule has 6 rings (SSSR count). The van der Waals surface area contributed by atoms with Crippen LogP contribution in [0.1, 0.15) is 28.3 Å². The summed E-state index contributed by atoms with van der Waals surface area (Å²) in [5, 5.41) is 28.4. The molecule has 194 valence electrons. The number of aliphatic hydroxyl groups is 2. The molecule has 0 fully saturated rings. The van der Waals surface area contributed by atoms with E-state index in [-0.39, 0.29) is 31.5 Å². The maximum atomic E-state index is 13.4. The Balaban J connectivity index is 1.24. The third-order valence-electron chi connectivity index (χ3n) is 6.65. The molecule has 1 aliphatic heterocycles. The Labute approximate surface area is 226 Å². The second kappa shape index (κ2) is 10.4. The lowest BCUT2D eigenvalue weighted by Gasteiger charge is -2.16. The first-order valence-corrected chi connectivity index (χ1v) is 13.4. The Hall–Kier alpha value is -3.44. The van der Waals surface area contributed by atoms with Crippen molar-refractivity contribution >= 4 is 56.6 Å². The first-order valence-electron chi connectivity index (χ1n) is 12.2. The number of aliphatic hydroxyl groups excluding tert-OH is 2. The number of hydrogen-bond donors (Lipinski definition) is 3. The van der Waals surface area contributed by atoms with Crippen LogP contribution >= 0.6 is 22.9 Å². The Morgan fingerprint density at radius 3 is 2.92 bits per heavy atom. The molecule has 0 bridgehead atoms. The van der Waals surface area contributed by atoms with Crippen LogP contribution in [0.15, 0.2) is 53.9 Å². The number of nitrogens with zero attached hydrogens (tertiary/aromatic N) is 4. The average molecular weight is 553 g/mol. The topological polar surface area (TPSA) is 103 Å². The third-order valence-corrected chi connectivity index (χ3v) is 8.17. The number of hydrogen-bond acceptors (Lipinski definition) is 8. The van der Waals surface area contributed by atoms with E-state index in [2.05, 4.69) is 20.4 Å². The molecule has 3 N–H and O–H groups in total. The first kappa shape index (κ1) is 24.9. The number of halogens is 2. The Kier molecular flexibility index (Phi) is 6.79. The van der Waals surface area contributed by atoms with Crippen LogP contribution < -0.4 is 10.1 Å². The summed E-state index contributed by atoms with van der Waals surface area (Å²) in [5.41, 5.74) is 3.79. The van der Waals surface area contributed by atoms with E-state index in [4.69, 9.17) is 16.3 Å². The zero-order valence-corrected chi connectivity index (χ0v) is 21.7. The molecule has 4 aromatic rings. The summed E-state index contributed by atoms with van der Waals surface area (Å²) < 4.78 is 21.0. The van der Waals surface area contributed by atoms with E-state index < -0.39 is 6.10 Å². The number of rotatable bonds is 8. The number of ether oxygens (including phenoxy) is 1. The van der Waals surface area contributed by atoms with Gasteiger partial charge in [-0.15, -0.1) is 11.3 Å². The fourth-order valence-corrected chi connectivity index (χ4v) is 6.38. The molecule has 8 nitrogen and oxygen atoms in total. The average Bonchev–Trinajstić information content (AvgIpc) is 3.50. The van der Waals surface area contributed by atoms with Gasteiger partial charge >= 0.3 is 0 Å². The van der Waals surface area contributed by atoms with Crippen LogP contribution in [0, 0.1) is 5.82 Å². The number of hydrazone groups is 1. The molecule has 1 aliphatic carbocycles. The molecular formula is C27H24ClFN5O3S+. The number of aryl methyl sites for hydroxylation is 1. The molecule has 0 saturated carbocycles. The van der Waals surface area contributed by atoms with Crippen LogP contribution in [-0.4, -0.2) is 56.0 Å². The summed E-state index contributed by atoms with van der Waals surface area (Å²) >= 11 is 8.13. The molecule has 2 atom stereocenters. The number of aromatic nitrogens is 2. The maximum Gasteiger partial charge on any atom is 0.202 e. The lowest BCUT2D eigenvalue weighted by molar-refractivity contribution is -0.540. The number of anilines is 2. The summed E-state index contributed by atoms with van der Waals surface area (Å²) in [4.78, 5) is 11.1. The maximum absolute atomic E-state index is 13.4. The Morgan fingerprint density at radius 1 is 1.21 bits per heavy atom. The van der Waals surface area contributed by atoms with Gasteiger partial charge in [-0.05, 0) is 53.0 Å². The molecule has 0 radical (unpaired) electrons. The molecule has 2 aromatic carbocycles. The predicted octanol–water partition coefficient (Wildman–Crippen LogP) is 4.64. The van der Waals surface area contributed by atoms with Gasteiger partial charge in [0.15, 0.2) is 5.71 Å². The van der Waals surface area contributed by atoms with Gasteiger partial charge in [0.1, 0.15) is 47.2 Å². The number of thiophene rings is 1. The smallest absolute Gasteiger partial charge is 0.202 e. The van der Waals surface area contributed by atoms with Crippen molar-refractivity contribution in [3.63, 3.8) is 0 Å². The monoisotopic (exact) mass is 552 g/mol. The highest BCUT2D eigenvalue weighted by Crippen LogP contribution is 2.43. The number of nitrogens with one attached hydrogen (secondary N) is 1. The zero-order valence-electron chi connectivity index (χ0n) is 20.1. The van der Waals surface area contributed by atoms with E-state index in [1.165, 1.54) is 22.6 Å². The number of β-amino-alcohol motifs (C(OH)–C–C–N with tert-alkyl or cyclic N) is 1. The van der Waals surface area contributed by atoms with E-state index in [1.807, 2.05) is 17.0 Å². The van der Waals surface area contributed by atoms with Crippen molar-refractivity contribution in [3.8, 4) is 5.75 Å². The van der Waals surface area contributed by atoms with Crippen molar-refractivity contribution in [2.75, 3.05) is 18.5 Å². The van der Waals surface area contributed by atoms with Gasteiger partial charge in [0.2, 0.25) is 6.54 Å². The van der Waals surface area contributed by atoms with Crippen molar-refractivity contribution < 1.29 is 24.0 Å². The van der Waals surface area contributed by atoms with Crippen LogP contribution in [-0.2, 0) is 13.0 Å². The first-order chi connectivity index (χ1) is 18.5. The molecule has 2 aromatic heterocycles.